The Kier molecular flexibility index (Phi) is 3.23. The molecule has 0 amide bonds. The van der Waals surface area contributed by atoms with Crippen LogP contribution >= 0.6 is 15.9 Å². The number of aromatic nitrogens is 2. The molecule has 1 unspecified atom stereocenters. The molecule has 1 aliphatic carbocycles. The van der Waals surface area contributed by atoms with Gasteiger partial charge in [-0.2, -0.15) is 0 Å². The van der Waals surface area contributed by atoms with E-state index in [9.17, 15) is 5.11 Å². The number of hydrogen-bond acceptors (Lipinski definition) is 2. The Bertz CT molecular complexity index is 608. The van der Waals surface area contributed by atoms with Crippen LogP contribution in [-0.4, -0.2) is 20.3 Å². The highest BCUT2D eigenvalue weighted by molar-refractivity contribution is 9.10. The van der Waals surface area contributed by atoms with Gasteiger partial charge in [-0.1, -0.05) is 22.0 Å². The number of imidazole rings is 1. The Morgan fingerprint density at radius 1 is 1.42 bits per heavy atom. The molecular formula is C15H17BrN2O. The number of aryl methyl sites for hydroxylation is 2. The Morgan fingerprint density at radius 2 is 2.26 bits per heavy atom. The van der Waals surface area contributed by atoms with Crippen LogP contribution in [0.4, 0.5) is 0 Å². The molecule has 3 nitrogen and oxygen atoms in total. The standard InChI is InChI=1S/C15H17BrN2O/c1-18-7-6-17-14(18)10-15(19)5-4-11-8-13(16)3-2-12(11)9-15/h2-3,6-8,19H,4-5,9-10H2,1H3. The summed E-state index contributed by atoms with van der Waals surface area (Å²) < 4.78 is 3.09. The van der Waals surface area contributed by atoms with E-state index in [0.717, 1.165) is 23.1 Å². The maximum Gasteiger partial charge on any atom is 0.111 e. The number of halogens is 1. The van der Waals surface area contributed by atoms with Gasteiger partial charge in [-0.05, 0) is 36.1 Å². The summed E-state index contributed by atoms with van der Waals surface area (Å²) in [5.41, 5.74) is 1.94. The fourth-order valence-corrected chi connectivity index (χ4v) is 3.23. The molecule has 0 radical (unpaired) electrons. The maximum absolute atomic E-state index is 10.8. The molecule has 3 rings (SSSR count). The van der Waals surface area contributed by atoms with Gasteiger partial charge in [0.05, 0.1) is 5.60 Å². The summed E-state index contributed by atoms with van der Waals surface area (Å²) in [4.78, 5) is 4.32. The number of hydrogen-bond donors (Lipinski definition) is 1. The van der Waals surface area contributed by atoms with Gasteiger partial charge >= 0.3 is 0 Å². The van der Waals surface area contributed by atoms with Crippen molar-refractivity contribution in [1.29, 1.82) is 0 Å². The van der Waals surface area contributed by atoms with Crippen molar-refractivity contribution in [3.05, 3.63) is 52.0 Å². The van der Waals surface area contributed by atoms with Crippen LogP contribution in [0.5, 0.6) is 0 Å². The van der Waals surface area contributed by atoms with Crippen LogP contribution in [0.15, 0.2) is 35.1 Å². The van der Waals surface area contributed by atoms with E-state index in [1.807, 2.05) is 23.9 Å². The third kappa shape index (κ3) is 2.60. The predicted molar refractivity (Wildman–Crippen MR) is 78.0 cm³/mol. The van der Waals surface area contributed by atoms with Crippen LogP contribution in [-0.2, 0) is 26.3 Å². The summed E-state index contributed by atoms with van der Waals surface area (Å²) >= 11 is 3.50. The molecular weight excluding hydrogens is 304 g/mol. The zero-order valence-electron chi connectivity index (χ0n) is 10.9. The van der Waals surface area contributed by atoms with Gasteiger partial charge in [0.15, 0.2) is 0 Å². The lowest BCUT2D eigenvalue weighted by Gasteiger charge is -2.33. The molecule has 0 bridgehead atoms. The van der Waals surface area contributed by atoms with Gasteiger partial charge in [-0.3, -0.25) is 0 Å². The minimum Gasteiger partial charge on any atom is -0.389 e. The maximum atomic E-state index is 10.8. The molecule has 0 aliphatic heterocycles. The molecule has 0 saturated heterocycles. The van der Waals surface area contributed by atoms with Crippen LogP contribution < -0.4 is 0 Å². The summed E-state index contributed by atoms with van der Waals surface area (Å²) in [6.45, 7) is 0. The summed E-state index contributed by atoms with van der Waals surface area (Å²) in [5.74, 6) is 0.947. The highest BCUT2D eigenvalue weighted by Gasteiger charge is 2.33. The van der Waals surface area contributed by atoms with E-state index in [1.165, 1.54) is 11.1 Å². The van der Waals surface area contributed by atoms with Crippen LogP contribution in [0.1, 0.15) is 23.4 Å². The van der Waals surface area contributed by atoms with E-state index >= 15 is 0 Å². The average molecular weight is 321 g/mol. The van der Waals surface area contributed by atoms with Gasteiger partial charge in [0.2, 0.25) is 0 Å². The van der Waals surface area contributed by atoms with Gasteiger partial charge < -0.3 is 9.67 Å². The SMILES string of the molecule is Cn1ccnc1CC1(O)CCc2cc(Br)ccc2C1. The highest BCUT2D eigenvalue weighted by Crippen LogP contribution is 2.32. The van der Waals surface area contributed by atoms with Crippen molar-refractivity contribution < 1.29 is 5.11 Å². The normalized spacial score (nSPS) is 22.3. The van der Waals surface area contributed by atoms with Crippen molar-refractivity contribution in [2.45, 2.75) is 31.3 Å². The lowest BCUT2D eigenvalue weighted by molar-refractivity contribution is 0.0242. The lowest BCUT2D eigenvalue weighted by Crippen LogP contribution is -2.38. The van der Waals surface area contributed by atoms with Gasteiger partial charge in [0.25, 0.3) is 0 Å². The molecule has 0 saturated carbocycles. The van der Waals surface area contributed by atoms with Crippen molar-refractivity contribution in [2.75, 3.05) is 0 Å². The first-order valence-corrected chi connectivity index (χ1v) is 7.31. The Morgan fingerprint density at radius 3 is 3.00 bits per heavy atom. The lowest BCUT2D eigenvalue weighted by atomic mass is 9.78. The van der Waals surface area contributed by atoms with Crippen molar-refractivity contribution >= 4 is 15.9 Å². The molecule has 1 aliphatic rings. The summed E-state index contributed by atoms with van der Waals surface area (Å²) in [6, 6.07) is 6.32. The van der Waals surface area contributed by atoms with Crippen molar-refractivity contribution in [2.24, 2.45) is 7.05 Å². The molecule has 1 heterocycles. The van der Waals surface area contributed by atoms with Gasteiger partial charge in [-0.25, -0.2) is 4.98 Å². The van der Waals surface area contributed by atoms with E-state index in [4.69, 9.17) is 0 Å². The summed E-state index contributed by atoms with van der Waals surface area (Å²) in [5, 5.41) is 10.8. The molecule has 1 aromatic heterocycles. The largest absolute Gasteiger partial charge is 0.389 e. The zero-order valence-corrected chi connectivity index (χ0v) is 12.5. The molecule has 1 atom stereocenters. The fraction of sp³-hybridized carbons (Fsp3) is 0.400. The molecule has 1 N–H and O–H groups in total. The van der Waals surface area contributed by atoms with Crippen LogP contribution in [0.2, 0.25) is 0 Å². The minimum atomic E-state index is -0.667. The third-order valence-corrected chi connectivity index (χ3v) is 4.45. The van der Waals surface area contributed by atoms with Crippen LogP contribution in [0, 0.1) is 0 Å². The van der Waals surface area contributed by atoms with E-state index in [1.54, 1.807) is 6.20 Å². The second-order valence-electron chi connectivity index (χ2n) is 5.45. The number of fused-ring (bicyclic) bond motifs is 1. The van der Waals surface area contributed by atoms with Crippen LogP contribution in [0.3, 0.4) is 0 Å². The van der Waals surface area contributed by atoms with Gasteiger partial charge in [0.1, 0.15) is 5.82 Å². The third-order valence-electron chi connectivity index (χ3n) is 3.96. The van der Waals surface area contributed by atoms with Crippen molar-refractivity contribution in [3.8, 4) is 0 Å². The number of benzene rings is 1. The first kappa shape index (κ1) is 12.9. The molecule has 4 heteroatoms. The summed E-state index contributed by atoms with van der Waals surface area (Å²) in [6.07, 6.45) is 6.76. The average Bonchev–Trinajstić information content (AvgIpc) is 2.75. The predicted octanol–water partition coefficient (Wildman–Crippen LogP) is 2.65. The van der Waals surface area contributed by atoms with Gasteiger partial charge in [0, 0.05) is 36.8 Å². The second kappa shape index (κ2) is 4.76. The quantitative estimate of drug-likeness (QED) is 0.923. The van der Waals surface area contributed by atoms with E-state index in [0.29, 0.717) is 12.8 Å². The zero-order chi connectivity index (χ0) is 13.5. The molecule has 0 fully saturated rings. The molecule has 1 aromatic carbocycles. The number of rotatable bonds is 2. The Balaban J connectivity index is 1.84. The Labute approximate surface area is 121 Å². The van der Waals surface area contributed by atoms with Crippen molar-refractivity contribution in [3.63, 3.8) is 0 Å². The number of nitrogens with zero attached hydrogens (tertiary/aromatic N) is 2. The monoisotopic (exact) mass is 320 g/mol. The molecule has 0 spiro atoms. The molecule has 100 valence electrons. The molecule has 2 aromatic rings. The van der Waals surface area contributed by atoms with E-state index in [-0.39, 0.29) is 0 Å². The molecule has 19 heavy (non-hydrogen) atoms. The van der Waals surface area contributed by atoms with Crippen molar-refractivity contribution in [1.82, 2.24) is 9.55 Å². The van der Waals surface area contributed by atoms with Crippen LogP contribution in [0.25, 0.3) is 0 Å². The highest BCUT2D eigenvalue weighted by atomic mass is 79.9. The number of aliphatic hydroxyl groups is 1. The minimum absolute atomic E-state index is 0.617. The van der Waals surface area contributed by atoms with E-state index < -0.39 is 5.60 Å². The summed E-state index contributed by atoms with van der Waals surface area (Å²) in [7, 11) is 1.97. The van der Waals surface area contributed by atoms with E-state index in [2.05, 4.69) is 33.0 Å². The topological polar surface area (TPSA) is 38.0 Å². The second-order valence-corrected chi connectivity index (χ2v) is 6.36. The Hall–Kier alpha value is -1.13. The first-order valence-electron chi connectivity index (χ1n) is 6.52. The first-order chi connectivity index (χ1) is 9.06. The van der Waals surface area contributed by atoms with Gasteiger partial charge in [-0.15, -0.1) is 0 Å². The fourth-order valence-electron chi connectivity index (χ4n) is 2.82. The smallest absolute Gasteiger partial charge is 0.111 e.